The number of hydrogen-bond donors (Lipinski definition) is 2. The number of carbonyl (C=O) groups excluding carboxylic acids is 1. The molecule has 0 radical (unpaired) electrons. The Bertz CT molecular complexity index is 673. The van der Waals surface area contributed by atoms with Gasteiger partial charge in [0.25, 0.3) is 0 Å². The Morgan fingerprint density at radius 3 is 2.26 bits per heavy atom. The van der Waals surface area contributed by atoms with Crippen LogP contribution >= 0.6 is 10.7 Å². The maximum atomic E-state index is 12.6. The Labute approximate surface area is 161 Å². The minimum Gasteiger partial charge on any atom is -0.310 e. The Morgan fingerprint density at radius 2 is 1.81 bits per heavy atom. The number of rotatable bonds is 4. The van der Waals surface area contributed by atoms with E-state index < -0.39 is 11.7 Å². The molecule has 152 valence electrons. The molecule has 1 fully saturated rings. The van der Waals surface area contributed by atoms with Gasteiger partial charge in [-0.1, -0.05) is 20.8 Å². The van der Waals surface area contributed by atoms with Gasteiger partial charge in [0.2, 0.25) is 5.91 Å². The summed E-state index contributed by atoms with van der Waals surface area (Å²) < 4.78 is 41.6. The molecule has 1 aliphatic carbocycles. The Hall–Kier alpha value is -1.41. The third kappa shape index (κ3) is 6.31. The number of carbonyl (C=O) groups is 1. The molecule has 1 heterocycles. The maximum Gasteiger partial charge on any atom is 0.417 e. The Morgan fingerprint density at radius 1 is 1.19 bits per heavy atom. The lowest BCUT2D eigenvalue weighted by Crippen LogP contribution is -2.36. The second-order valence-electron chi connectivity index (χ2n) is 7.77. The molecule has 0 aromatic carbocycles. The van der Waals surface area contributed by atoms with E-state index in [1.165, 1.54) is 6.07 Å². The summed E-state index contributed by atoms with van der Waals surface area (Å²) in [4.78, 5) is 16.1. The van der Waals surface area contributed by atoms with Crippen molar-refractivity contribution in [3.8, 4) is 0 Å². The van der Waals surface area contributed by atoms with Crippen molar-refractivity contribution < 1.29 is 18.0 Å². The van der Waals surface area contributed by atoms with E-state index in [9.17, 15) is 18.0 Å². The van der Waals surface area contributed by atoms with Gasteiger partial charge in [0.05, 0.1) is 5.56 Å². The van der Waals surface area contributed by atoms with E-state index in [-0.39, 0.29) is 33.1 Å². The van der Waals surface area contributed by atoms with Crippen LogP contribution in [0.1, 0.15) is 58.9 Å². The monoisotopic (exact) mass is 403 g/mol. The highest BCUT2D eigenvalue weighted by Crippen LogP contribution is 2.33. The quantitative estimate of drug-likeness (QED) is 0.696. The predicted molar refractivity (Wildman–Crippen MR) is 106 cm³/mol. The van der Waals surface area contributed by atoms with Crippen molar-refractivity contribution in [2.24, 2.45) is 5.92 Å². The fraction of sp³-hybridized carbons (Fsp3) is 0.632. The predicted octanol–water partition coefficient (Wildman–Crippen LogP) is 4.99. The van der Waals surface area contributed by atoms with Crippen molar-refractivity contribution in [2.45, 2.75) is 70.3 Å². The molecular formula is C19H28F3N3OS. The highest BCUT2D eigenvalue weighted by Gasteiger charge is 2.31. The first-order chi connectivity index (χ1) is 12.5. The van der Waals surface area contributed by atoms with Gasteiger partial charge in [-0.2, -0.15) is 13.2 Å². The Kier molecular flexibility index (Phi) is 7.08. The van der Waals surface area contributed by atoms with Crippen molar-refractivity contribution >= 4 is 27.8 Å². The largest absolute Gasteiger partial charge is 0.417 e. The summed E-state index contributed by atoms with van der Waals surface area (Å²) in [6, 6.07) is 2.51. The average molecular weight is 404 g/mol. The summed E-state index contributed by atoms with van der Waals surface area (Å²) in [5.41, 5.74) is -0.825. The van der Waals surface area contributed by atoms with Crippen molar-refractivity contribution in [1.29, 1.82) is 0 Å². The fourth-order valence-corrected chi connectivity index (χ4v) is 4.91. The fourth-order valence-electron chi connectivity index (χ4n) is 3.12. The van der Waals surface area contributed by atoms with Gasteiger partial charge in [0, 0.05) is 22.9 Å². The molecule has 0 saturated heterocycles. The van der Waals surface area contributed by atoms with Gasteiger partial charge < -0.3 is 5.32 Å². The van der Waals surface area contributed by atoms with E-state index in [1.807, 2.05) is 0 Å². The zero-order valence-corrected chi connectivity index (χ0v) is 17.0. The van der Waals surface area contributed by atoms with Crippen LogP contribution < -0.4 is 10.0 Å². The highest BCUT2D eigenvalue weighted by atomic mass is 32.2. The van der Waals surface area contributed by atoms with Crippen LogP contribution in [0, 0.1) is 5.92 Å². The number of anilines is 1. The minimum absolute atomic E-state index is 0.0131. The van der Waals surface area contributed by atoms with E-state index in [2.05, 4.69) is 48.1 Å². The molecule has 2 rings (SSSR count). The van der Waals surface area contributed by atoms with Gasteiger partial charge in [-0.3, -0.25) is 9.52 Å². The molecule has 1 aromatic heterocycles. The van der Waals surface area contributed by atoms with E-state index >= 15 is 0 Å². The zero-order valence-electron chi connectivity index (χ0n) is 16.2. The molecule has 1 atom stereocenters. The van der Waals surface area contributed by atoms with Gasteiger partial charge in [-0.25, -0.2) is 4.98 Å². The molecule has 0 aliphatic heterocycles. The van der Waals surface area contributed by atoms with Gasteiger partial charge in [-0.15, -0.1) is 10.7 Å². The van der Waals surface area contributed by atoms with Gasteiger partial charge >= 0.3 is 6.18 Å². The number of nitrogens with one attached hydrogen (secondary N) is 2. The van der Waals surface area contributed by atoms with Crippen LogP contribution in [0.3, 0.4) is 0 Å². The van der Waals surface area contributed by atoms with Crippen LogP contribution in [0.5, 0.6) is 0 Å². The van der Waals surface area contributed by atoms with Gasteiger partial charge in [0.1, 0.15) is 5.82 Å². The molecule has 2 N–H and O–H groups in total. The van der Waals surface area contributed by atoms with Crippen molar-refractivity contribution in [1.82, 2.24) is 9.71 Å². The normalized spacial score (nSPS) is 22.5. The number of halogens is 3. The molecular weight excluding hydrogens is 375 g/mol. The van der Waals surface area contributed by atoms with Crippen LogP contribution in [0.2, 0.25) is 0 Å². The third-order valence-corrected chi connectivity index (χ3v) is 7.01. The lowest BCUT2D eigenvalue weighted by molar-refractivity contribution is -0.137. The standard InChI is InChI=1S/C19H28F3N3OS/c1-5-27(18(2,3)4)25-15-9-6-13(7-10-15)17(26)24-16-11-8-14(12-23-16)19(20,21)22/h5,8,11-13,15,25H,6-7,9-10H2,1-4H3,(H,23,24,26). The second kappa shape index (κ2) is 8.73. The smallest absolute Gasteiger partial charge is 0.310 e. The van der Waals surface area contributed by atoms with E-state index in [0.717, 1.165) is 37.9 Å². The molecule has 1 aliphatic rings. The number of pyridine rings is 1. The van der Waals surface area contributed by atoms with E-state index in [0.29, 0.717) is 6.04 Å². The van der Waals surface area contributed by atoms with Crippen LogP contribution in [0.4, 0.5) is 19.0 Å². The minimum atomic E-state index is -4.43. The van der Waals surface area contributed by atoms with Crippen molar-refractivity contribution in [3.05, 3.63) is 23.9 Å². The lowest BCUT2D eigenvalue weighted by Gasteiger charge is -2.33. The summed E-state index contributed by atoms with van der Waals surface area (Å²) in [5.74, 6) is -0.144. The number of nitrogens with zero attached hydrogens (tertiary/aromatic N) is 1. The summed E-state index contributed by atoms with van der Waals surface area (Å²) in [6.45, 7) is 8.69. The molecule has 0 bridgehead atoms. The number of hydrogen-bond acceptors (Lipinski definition) is 3. The number of amides is 1. The molecule has 1 saturated carbocycles. The first kappa shape index (κ1) is 21.9. The molecule has 0 spiro atoms. The van der Waals surface area contributed by atoms with Gasteiger partial charge in [0.15, 0.2) is 0 Å². The SMILES string of the molecule is C/C=S(/NC1CCC(C(=O)Nc2ccc(C(F)(F)F)cn2)CC1)C(C)(C)C. The molecule has 8 heteroatoms. The van der Waals surface area contributed by atoms with Crippen LogP contribution in [0.25, 0.3) is 0 Å². The lowest BCUT2D eigenvalue weighted by atomic mass is 9.86. The van der Waals surface area contributed by atoms with Gasteiger partial charge in [-0.05, 0) is 50.1 Å². The maximum absolute atomic E-state index is 12.6. The molecule has 27 heavy (non-hydrogen) atoms. The van der Waals surface area contributed by atoms with E-state index in [1.54, 1.807) is 0 Å². The summed E-state index contributed by atoms with van der Waals surface area (Å²) >= 11 is 0. The summed E-state index contributed by atoms with van der Waals surface area (Å²) in [5, 5.41) is 4.84. The first-order valence-corrected chi connectivity index (χ1v) is 10.4. The molecule has 1 amide bonds. The Balaban J connectivity index is 1.86. The summed E-state index contributed by atoms with van der Waals surface area (Å²) in [7, 11) is 0.0131. The van der Waals surface area contributed by atoms with Crippen LogP contribution in [-0.4, -0.2) is 27.0 Å². The third-order valence-electron chi connectivity index (χ3n) is 4.63. The molecule has 1 unspecified atom stereocenters. The van der Waals surface area contributed by atoms with Crippen LogP contribution in [-0.2, 0) is 11.0 Å². The first-order valence-electron chi connectivity index (χ1n) is 9.13. The molecule has 4 nitrogen and oxygen atoms in total. The molecule has 1 aromatic rings. The van der Waals surface area contributed by atoms with E-state index in [4.69, 9.17) is 0 Å². The number of aromatic nitrogens is 1. The highest BCUT2D eigenvalue weighted by molar-refractivity contribution is 8.14. The average Bonchev–Trinajstić information content (AvgIpc) is 2.58. The van der Waals surface area contributed by atoms with Crippen molar-refractivity contribution in [3.63, 3.8) is 0 Å². The topological polar surface area (TPSA) is 54.0 Å². The van der Waals surface area contributed by atoms with Crippen LogP contribution in [0.15, 0.2) is 18.3 Å². The zero-order chi connectivity index (χ0) is 20.2. The second-order valence-corrected chi connectivity index (χ2v) is 10.4. The van der Waals surface area contributed by atoms with Crippen molar-refractivity contribution in [2.75, 3.05) is 5.32 Å². The number of alkyl halides is 3. The summed E-state index contributed by atoms with van der Waals surface area (Å²) in [6.07, 6.45) is -0.351.